The Morgan fingerprint density at radius 2 is 2.26 bits per heavy atom. The molecule has 0 unspecified atom stereocenters. The highest BCUT2D eigenvalue weighted by Gasteiger charge is 2.23. The summed E-state index contributed by atoms with van der Waals surface area (Å²) in [6, 6.07) is 3.97. The van der Waals surface area contributed by atoms with Crippen LogP contribution in [0.1, 0.15) is 32.6 Å². The maximum atomic E-state index is 12.2. The zero-order chi connectivity index (χ0) is 16.2. The number of nitrogens with zero attached hydrogens (tertiary/aromatic N) is 3. The molecule has 1 aliphatic carbocycles. The van der Waals surface area contributed by atoms with Crippen LogP contribution in [0.4, 0.5) is 0 Å². The Kier molecular flexibility index (Phi) is 5.05. The lowest BCUT2D eigenvalue weighted by Gasteiger charge is -2.29. The first-order valence-corrected chi connectivity index (χ1v) is 8.99. The summed E-state index contributed by atoms with van der Waals surface area (Å²) in [4.78, 5) is 12.2. The van der Waals surface area contributed by atoms with E-state index in [9.17, 15) is 4.79 Å². The molecule has 0 aliphatic heterocycles. The number of hydrogen-bond acceptors (Lipinski definition) is 5. The molecular weight excluding hydrogens is 312 g/mol. The van der Waals surface area contributed by atoms with Gasteiger partial charge in [0.15, 0.2) is 16.7 Å². The molecule has 3 rings (SSSR count). The first-order chi connectivity index (χ1) is 11.1. The van der Waals surface area contributed by atoms with E-state index in [1.54, 1.807) is 6.26 Å². The summed E-state index contributed by atoms with van der Waals surface area (Å²) in [6.07, 6.45) is 6.38. The maximum Gasteiger partial charge on any atom is 0.230 e. The summed E-state index contributed by atoms with van der Waals surface area (Å²) < 4.78 is 7.19. The van der Waals surface area contributed by atoms with E-state index < -0.39 is 0 Å². The molecule has 1 saturated carbocycles. The van der Waals surface area contributed by atoms with E-state index in [-0.39, 0.29) is 5.91 Å². The smallest absolute Gasteiger partial charge is 0.230 e. The van der Waals surface area contributed by atoms with Crippen LogP contribution in [0.3, 0.4) is 0 Å². The Morgan fingerprint density at radius 1 is 1.43 bits per heavy atom. The second-order valence-corrected chi connectivity index (χ2v) is 7.01. The summed E-state index contributed by atoms with van der Waals surface area (Å²) in [5, 5.41) is 12.1. The van der Waals surface area contributed by atoms with Crippen LogP contribution in [0.25, 0.3) is 11.6 Å². The minimum Gasteiger partial charge on any atom is -0.461 e. The summed E-state index contributed by atoms with van der Waals surface area (Å²) in [5.74, 6) is 2.33. The van der Waals surface area contributed by atoms with Crippen molar-refractivity contribution in [3.05, 3.63) is 18.4 Å². The molecule has 0 aromatic carbocycles. The monoisotopic (exact) mass is 334 g/mol. The van der Waals surface area contributed by atoms with E-state index in [1.165, 1.54) is 31.0 Å². The Labute approximate surface area is 140 Å². The van der Waals surface area contributed by atoms with Gasteiger partial charge < -0.3 is 14.3 Å². The fourth-order valence-corrected chi connectivity index (χ4v) is 3.69. The third-order valence-corrected chi connectivity index (χ3v) is 5.39. The molecule has 2 aromatic heterocycles. The van der Waals surface area contributed by atoms with E-state index in [0.29, 0.717) is 34.5 Å². The second-order valence-electron chi connectivity index (χ2n) is 6.07. The van der Waals surface area contributed by atoms with Crippen LogP contribution in [0, 0.1) is 5.92 Å². The molecule has 0 bridgehead atoms. The number of carbonyl (C=O) groups is 1. The fraction of sp³-hybridized carbons (Fsp3) is 0.562. The van der Waals surface area contributed by atoms with Gasteiger partial charge in [-0.3, -0.25) is 4.79 Å². The van der Waals surface area contributed by atoms with Gasteiger partial charge >= 0.3 is 0 Å². The lowest BCUT2D eigenvalue weighted by Crippen LogP contribution is -2.41. The highest BCUT2D eigenvalue weighted by molar-refractivity contribution is 7.99. The van der Waals surface area contributed by atoms with Crippen molar-refractivity contribution < 1.29 is 9.21 Å². The van der Waals surface area contributed by atoms with Gasteiger partial charge in [-0.15, -0.1) is 10.2 Å². The Hall–Kier alpha value is -1.76. The normalized spacial score (nSPS) is 21.3. The molecule has 7 heteroatoms. The molecule has 6 nitrogen and oxygen atoms in total. The quantitative estimate of drug-likeness (QED) is 0.851. The zero-order valence-corrected chi connectivity index (χ0v) is 14.3. The van der Waals surface area contributed by atoms with Crippen LogP contribution >= 0.6 is 11.8 Å². The second kappa shape index (κ2) is 7.21. The van der Waals surface area contributed by atoms with Crippen LogP contribution < -0.4 is 5.32 Å². The third kappa shape index (κ3) is 3.77. The van der Waals surface area contributed by atoms with Crippen molar-refractivity contribution in [2.75, 3.05) is 5.75 Å². The van der Waals surface area contributed by atoms with Crippen molar-refractivity contribution in [3.8, 4) is 11.6 Å². The number of hydrogen-bond donors (Lipinski definition) is 1. The number of rotatable bonds is 5. The molecule has 23 heavy (non-hydrogen) atoms. The molecular formula is C16H22N4O2S. The predicted octanol–water partition coefficient (Wildman–Crippen LogP) is 2.86. The molecule has 2 atom stereocenters. The van der Waals surface area contributed by atoms with Gasteiger partial charge in [0.25, 0.3) is 0 Å². The largest absolute Gasteiger partial charge is 0.461 e. The molecule has 0 saturated heterocycles. The van der Waals surface area contributed by atoms with Crippen molar-refractivity contribution >= 4 is 17.7 Å². The Balaban J connectivity index is 1.55. The van der Waals surface area contributed by atoms with E-state index in [1.807, 2.05) is 23.7 Å². The van der Waals surface area contributed by atoms with Crippen molar-refractivity contribution in [2.24, 2.45) is 13.0 Å². The highest BCUT2D eigenvalue weighted by atomic mass is 32.2. The van der Waals surface area contributed by atoms with Crippen LogP contribution in [-0.2, 0) is 11.8 Å². The number of thioether (sulfide) groups is 1. The van der Waals surface area contributed by atoms with Gasteiger partial charge in [0.2, 0.25) is 5.91 Å². The van der Waals surface area contributed by atoms with Gasteiger partial charge in [0.1, 0.15) is 0 Å². The lowest BCUT2D eigenvalue weighted by molar-refractivity contribution is -0.119. The molecule has 1 amide bonds. The van der Waals surface area contributed by atoms with Crippen molar-refractivity contribution in [3.63, 3.8) is 0 Å². The van der Waals surface area contributed by atoms with Gasteiger partial charge in [0.05, 0.1) is 12.0 Å². The molecule has 0 radical (unpaired) electrons. The summed E-state index contributed by atoms with van der Waals surface area (Å²) in [6.45, 7) is 2.22. The number of nitrogens with one attached hydrogen (secondary N) is 1. The van der Waals surface area contributed by atoms with Crippen molar-refractivity contribution in [1.29, 1.82) is 0 Å². The fourth-order valence-electron chi connectivity index (χ4n) is 2.97. The number of amides is 1. The molecule has 1 N–H and O–H groups in total. The number of carbonyl (C=O) groups excluding carboxylic acids is 1. The first kappa shape index (κ1) is 16.1. The van der Waals surface area contributed by atoms with Gasteiger partial charge in [-0.1, -0.05) is 31.5 Å². The van der Waals surface area contributed by atoms with Gasteiger partial charge in [-0.2, -0.15) is 0 Å². The summed E-state index contributed by atoms with van der Waals surface area (Å²) >= 11 is 1.40. The minimum atomic E-state index is 0.0660. The van der Waals surface area contributed by atoms with E-state index >= 15 is 0 Å². The summed E-state index contributed by atoms with van der Waals surface area (Å²) in [5.41, 5.74) is 0. The summed E-state index contributed by atoms with van der Waals surface area (Å²) in [7, 11) is 1.88. The molecule has 1 aliphatic rings. The van der Waals surface area contributed by atoms with E-state index in [0.717, 1.165) is 6.42 Å². The maximum absolute atomic E-state index is 12.2. The van der Waals surface area contributed by atoms with Crippen molar-refractivity contribution in [1.82, 2.24) is 20.1 Å². The van der Waals surface area contributed by atoms with Gasteiger partial charge in [-0.25, -0.2) is 0 Å². The molecule has 1 fully saturated rings. The number of aromatic nitrogens is 3. The first-order valence-electron chi connectivity index (χ1n) is 8.00. The third-order valence-electron chi connectivity index (χ3n) is 4.37. The van der Waals surface area contributed by atoms with Crippen LogP contribution in [0.5, 0.6) is 0 Å². The standard InChI is InChI=1S/C16H22N4O2S/c1-11-6-3-4-7-12(11)17-14(21)10-23-16-19-18-15(20(16)2)13-8-5-9-22-13/h5,8-9,11-12H,3-4,6-7,10H2,1-2H3,(H,17,21)/t11-,12+/m0/s1. The minimum absolute atomic E-state index is 0.0660. The molecule has 2 heterocycles. The molecule has 124 valence electrons. The van der Waals surface area contributed by atoms with Crippen LogP contribution in [-0.4, -0.2) is 32.5 Å². The van der Waals surface area contributed by atoms with Gasteiger partial charge in [-0.05, 0) is 30.9 Å². The van der Waals surface area contributed by atoms with Crippen LogP contribution in [0.2, 0.25) is 0 Å². The average Bonchev–Trinajstić information content (AvgIpc) is 3.17. The van der Waals surface area contributed by atoms with Crippen LogP contribution in [0.15, 0.2) is 28.0 Å². The molecule has 2 aromatic rings. The topological polar surface area (TPSA) is 73.0 Å². The Morgan fingerprint density at radius 3 is 3.00 bits per heavy atom. The number of furan rings is 1. The SMILES string of the molecule is C[C@H]1CCCC[C@H]1NC(=O)CSc1nnc(-c2ccco2)n1C. The van der Waals surface area contributed by atoms with E-state index in [2.05, 4.69) is 22.4 Å². The zero-order valence-electron chi connectivity index (χ0n) is 13.5. The lowest BCUT2D eigenvalue weighted by atomic mass is 9.86. The predicted molar refractivity (Wildman–Crippen MR) is 89.0 cm³/mol. The van der Waals surface area contributed by atoms with Crippen molar-refractivity contribution in [2.45, 2.75) is 43.8 Å². The average molecular weight is 334 g/mol. The Bertz CT molecular complexity index is 653. The highest BCUT2D eigenvalue weighted by Crippen LogP contribution is 2.25. The molecule has 0 spiro atoms. The van der Waals surface area contributed by atoms with Gasteiger partial charge in [0, 0.05) is 13.1 Å². The van der Waals surface area contributed by atoms with E-state index in [4.69, 9.17) is 4.42 Å².